The van der Waals surface area contributed by atoms with Crippen molar-refractivity contribution in [1.82, 2.24) is 0 Å². The molecular formula is C19H32O3. The first-order chi connectivity index (χ1) is 10.7. The Labute approximate surface area is 135 Å². The van der Waals surface area contributed by atoms with Gasteiger partial charge in [-0.3, -0.25) is 4.79 Å². The molecule has 0 aromatic carbocycles. The molecule has 1 N–H and O–H groups in total. The van der Waals surface area contributed by atoms with Gasteiger partial charge in [0.2, 0.25) is 0 Å². The van der Waals surface area contributed by atoms with Crippen LogP contribution in [0.15, 0.2) is 36.5 Å². The minimum atomic E-state index is -0.387. The fourth-order valence-electron chi connectivity index (χ4n) is 2.01. The maximum atomic E-state index is 10.9. The third-order valence-corrected chi connectivity index (χ3v) is 3.34. The van der Waals surface area contributed by atoms with Crippen LogP contribution in [0.4, 0.5) is 0 Å². The molecule has 3 nitrogen and oxygen atoms in total. The maximum absolute atomic E-state index is 10.9. The number of aliphatic hydroxyl groups excluding tert-OH is 1. The lowest BCUT2D eigenvalue weighted by molar-refractivity contribution is -0.140. The minimum Gasteiger partial charge on any atom is -0.469 e. The van der Waals surface area contributed by atoms with E-state index in [1.165, 1.54) is 26.4 Å². The summed E-state index contributed by atoms with van der Waals surface area (Å²) < 4.78 is 4.60. The van der Waals surface area contributed by atoms with E-state index in [0.29, 0.717) is 12.8 Å². The largest absolute Gasteiger partial charge is 0.469 e. The van der Waals surface area contributed by atoms with Crippen molar-refractivity contribution in [2.45, 2.75) is 70.8 Å². The molecule has 0 spiro atoms. The van der Waals surface area contributed by atoms with Crippen molar-refractivity contribution in [3.05, 3.63) is 36.5 Å². The van der Waals surface area contributed by atoms with Gasteiger partial charge in [-0.05, 0) is 32.1 Å². The molecule has 0 heterocycles. The second-order valence-electron chi connectivity index (χ2n) is 5.38. The molecule has 0 aliphatic rings. The predicted octanol–water partition coefficient (Wildman–Crippen LogP) is 4.72. The van der Waals surface area contributed by atoms with Gasteiger partial charge in [-0.25, -0.2) is 0 Å². The first-order valence-corrected chi connectivity index (χ1v) is 8.44. The summed E-state index contributed by atoms with van der Waals surface area (Å²) in [6.07, 6.45) is 20.4. The molecule has 0 aliphatic heterocycles. The number of ether oxygens (including phenoxy) is 1. The molecule has 1 atom stereocenters. The van der Waals surface area contributed by atoms with Crippen molar-refractivity contribution in [3.8, 4) is 0 Å². The van der Waals surface area contributed by atoms with Crippen molar-refractivity contribution in [2.75, 3.05) is 7.11 Å². The molecule has 0 rings (SSSR count). The van der Waals surface area contributed by atoms with E-state index >= 15 is 0 Å². The van der Waals surface area contributed by atoms with E-state index in [1.54, 1.807) is 0 Å². The van der Waals surface area contributed by atoms with E-state index in [2.05, 4.69) is 23.8 Å². The molecule has 22 heavy (non-hydrogen) atoms. The number of allylic oxidation sites excluding steroid dienone is 4. The van der Waals surface area contributed by atoms with E-state index in [0.717, 1.165) is 25.7 Å². The summed E-state index contributed by atoms with van der Waals surface area (Å²) in [6.45, 7) is 2.08. The van der Waals surface area contributed by atoms with Crippen LogP contribution in [-0.2, 0) is 9.53 Å². The molecule has 0 radical (unpaired) electrons. The Morgan fingerprint density at radius 1 is 1.05 bits per heavy atom. The van der Waals surface area contributed by atoms with Gasteiger partial charge in [0, 0.05) is 6.42 Å². The van der Waals surface area contributed by atoms with Crippen molar-refractivity contribution in [1.29, 1.82) is 0 Å². The average molecular weight is 308 g/mol. The fourth-order valence-corrected chi connectivity index (χ4v) is 2.01. The van der Waals surface area contributed by atoms with Gasteiger partial charge >= 0.3 is 5.97 Å². The van der Waals surface area contributed by atoms with Crippen LogP contribution in [0.5, 0.6) is 0 Å². The van der Waals surface area contributed by atoms with Gasteiger partial charge in [0.15, 0.2) is 0 Å². The number of hydrogen-bond acceptors (Lipinski definition) is 3. The smallest absolute Gasteiger partial charge is 0.305 e. The van der Waals surface area contributed by atoms with Gasteiger partial charge in [0.05, 0.1) is 13.2 Å². The Bertz CT molecular complexity index is 343. The molecule has 0 fully saturated rings. The van der Waals surface area contributed by atoms with Crippen molar-refractivity contribution >= 4 is 5.97 Å². The molecule has 0 aromatic heterocycles. The zero-order chi connectivity index (χ0) is 16.5. The Kier molecular flexibility index (Phi) is 15.0. The minimum absolute atomic E-state index is 0.109. The highest BCUT2D eigenvalue weighted by molar-refractivity contribution is 5.68. The molecule has 0 saturated heterocycles. The lowest BCUT2D eigenvalue weighted by Gasteiger charge is -2.00. The predicted molar refractivity (Wildman–Crippen MR) is 92.7 cm³/mol. The van der Waals surface area contributed by atoms with E-state index in [9.17, 15) is 9.90 Å². The number of esters is 1. The summed E-state index contributed by atoms with van der Waals surface area (Å²) >= 11 is 0. The summed E-state index contributed by atoms with van der Waals surface area (Å²) in [7, 11) is 1.43. The lowest BCUT2D eigenvalue weighted by atomic mass is 10.1. The van der Waals surface area contributed by atoms with Gasteiger partial charge in [-0.1, -0.05) is 62.6 Å². The van der Waals surface area contributed by atoms with E-state index in [4.69, 9.17) is 0 Å². The Morgan fingerprint density at radius 2 is 1.77 bits per heavy atom. The van der Waals surface area contributed by atoms with Crippen LogP contribution >= 0.6 is 0 Å². The van der Waals surface area contributed by atoms with E-state index < -0.39 is 0 Å². The monoisotopic (exact) mass is 308 g/mol. The molecule has 0 saturated carbocycles. The first kappa shape index (κ1) is 20.6. The van der Waals surface area contributed by atoms with Crippen LogP contribution in [0.2, 0.25) is 0 Å². The highest BCUT2D eigenvalue weighted by Crippen LogP contribution is 2.08. The van der Waals surface area contributed by atoms with Crippen LogP contribution in [-0.4, -0.2) is 24.3 Å². The highest BCUT2D eigenvalue weighted by atomic mass is 16.5. The zero-order valence-corrected chi connectivity index (χ0v) is 14.2. The molecule has 0 bridgehead atoms. The lowest BCUT2D eigenvalue weighted by Crippen LogP contribution is -1.99. The summed E-state index contributed by atoms with van der Waals surface area (Å²) in [6, 6.07) is 0. The van der Waals surface area contributed by atoms with Gasteiger partial charge in [0.25, 0.3) is 0 Å². The summed E-state index contributed by atoms with van der Waals surface area (Å²) in [4.78, 5) is 10.9. The third-order valence-electron chi connectivity index (χ3n) is 3.34. The van der Waals surface area contributed by atoms with Crippen LogP contribution in [0.25, 0.3) is 0 Å². The van der Waals surface area contributed by atoms with Crippen LogP contribution in [0, 0.1) is 0 Å². The Hall–Kier alpha value is -1.35. The molecule has 0 amide bonds. The third kappa shape index (κ3) is 15.0. The topological polar surface area (TPSA) is 46.5 Å². The second-order valence-corrected chi connectivity index (χ2v) is 5.38. The molecule has 1 unspecified atom stereocenters. The summed E-state index contributed by atoms with van der Waals surface area (Å²) in [5.41, 5.74) is 0. The Morgan fingerprint density at radius 3 is 2.50 bits per heavy atom. The standard InChI is InChI=1S/C19H32O3/c1-3-4-12-15-18(20)16-13-10-8-6-5-7-9-11-14-17-19(21)22-2/h4,8,10,12-13,16,18,20H,3,5-7,9,11,14-15,17H2,1-2H3/b10-8-,12-4-,16-13+. The van der Waals surface area contributed by atoms with E-state index in [1.807, 2.05) is 24.3 Å². The van der Waals surface area contributed by atoms with Gasteiger partial charge < -0.3 is 9.84 Å². The maximum Gasteiger partial charge on any atom is 0.305 e. The number of hydrogen-bond donors (Lipinski definition) is 1. The quantitative estimate of drug-likeness (QED) is 0.232. The second kappa shape index (κ2) is 16.0. The number of carbonyl (C=O) groups excluding carboxylic acids is 1. The van der Waals surface area contributed by atoms with E-state index in [-0.39, 0.29) is 12.1 Å². The number of methoxy groups -OCH3 is 1. The average Bonchev–Trinajstić information content (AvgIpc) is 2.52. The first-order valence-electron chi connectivity index (χ1n) is 8.44. The van der Waals surface area contributed by atoms with Crippen molar-refractivity contribution < 1.29 is 14.6 Å². The highest BCUT2D eigenvalue weighted by Gasteiger charge is 1.98. The molecule has 126 valence electrons. The van der Waals surface area contributed by atoms with Crippen LogP contribution in [0.3, 0.4) is 0 Å². The fraction of sp³-hybridized carbons (Fsp3) is 0.632. The molecular weight excluding hydrogens is 276 g/mol. The van der Waals surface area contributed by atoms with Crippen LogP contribution in [0.1, 0.15) is 64.7 Å². The molecule has 0 aromatic rings. The van der Waals surface area contributed by atoms with Crippen molar-refractivity contribution in [2.24, 2.45) is 0 Å². The number of aliphatic hydroxyl groups is 1. The van der Waals surface area contributed by atoms with Gasteiger partial charge in [-0.2, -0.15) is 0 Å². The number of unbranched alkanes of at least 4 members (excludes halogenated alkanes) is 5. The van der Waals surface area contributed by atoms with Crippen molar-refractivity contribution in [3.63, 3.8) is 0 Å². The molecule has 3 heteroatoms. The number of carbonyl (C=O) groups is 1. The van der Waals surface area contributed by atoms with Gasteiger partial charge in [0.1, 0.15) is 0 Å². The zero-order valence-electron chi connectivity index (χ0n) is 14.2. The van der Waals surface area contributed by atoms with Crippen LogP contribution < -0.4 is 0 Å². The van der Waals surface area contributed by atoms with Gasteiger partial charge in [-0.15, -0.1) is 0 Å². The Balaban J connectivity index is 3.43. The summed E-state index contributed by atoms with van der Waals surface area (Å²) in [5.74, 6) is -0.109. The summed E-state index contributed by atoms with van der Waals surface area (Å²) in [5, 5.41) is 9.65. The number of rotatable bonds is 13. The SMILES string of the molecule is CC/C=C\CC(O)/C=C/C=C\CCCCCCCC(=O)OC. The normalized spacial score (nSPS) is 13.4. The molecule has 0 aliphatic carbocycles.